The molecule has 0 fully saturated rings. The fourth-order valence-electron chi connectivity index (χ4n) is 2.44. The highest BCUT2D eigenvalue weighted by Crippen LogP contribution is 2.27. The minimum atomic E-state index is -0.370. The van der Waals surface area contributed by atoms with E-state index in [4.69, 9.17) is 10.5 Å². The van der Waals surface area contributed by atoms with Crippen molar-refractivity contribution < 1.29 is 4.74 Å². The molecule has 0 amide bonds. The van der Waals surface area contributed by atoms with Gasteiger partial charge in [0.1, 0.15) is 5.75 Å². The average Bonchev–Trinajstić information content (AvgIpc) is 2.37. The lowest BCUT2D eigenvalue weighted by Gasteiger charge is -2.21. The number of hydrogen-bond acceptors (Lipinski definition) is 3. The lowest BCUT2D eigenvalue weighted by atomic mass is 9.93. The SMILES string of the molecule is COc1ccc(-c2ccc(C(C)(C)N)c(C)n2)cc1C. The Hall–Kier alpha value is -1.87. The molecule has 0 unspecified atom stereocenters. The number of nitrogens with zero attached hydrogens (tertiary/aromatic N) is 1. The molecule has 0 aliphatic heterocycles. The number of methoxy groups -OCH3 is 1. The first-order valence-corrected chi connectivity index (χ1v) is 6.75. The molecule has 1 heterocycles. The number of benzene rings is 1. The van der Waals surface area contributed by atoms with Crippen molar-refractivity contribution in [1.82, 2.24) is 4.98 Å². The monoisotopic (exact) mass is 270 g/mol. The smallest absolute Gasteiger partial charge is 0.121 e. The molecule has 2 N–H and O–H groups in total. The average molecular weight is 270 g/mol. The normalized spacial score (nSPS) is 11.5. The van der Waals surface area contributed by atoms with Crippen molar-refractivity contribution in [2.45, 2.75) is 33.2 Å². The first-order valence-electron chi connectivity index (χ1n) is 6.75. The van der Waals surface area contributed by atoms with Crippen LogP contribution in [0.25, 0.3) is 11.3 Å². The molecule has 2 aromatic rings. The van der Waals surface area contributed by atoms with Gasteiger partial charge in [0.05, 0.1) is 12.8 Å². The molecule has 0 spiro atoms. The summed E-state index contributed by atoms with van der Waals surface area (Å²) in [5, 5.41) is 0. The Labute approximate surface area is 120 Å². The Morgan fingerprint density at radius 2 is 1.80 bits per heavy atom. The van der Waals surface area contributed by atoms with Crippen molar-refractivity contribution in [3.05, 3.63) is 47.2 Å². The maximum absolute atomic E-state index is 6.15. The molecule has 106 valence electrons. The lowest BCUT2D eigenvalue weighted by molar-refractivity contribution is 0.412. The molecule has 2 rings (SSSR count). The minimum Gasteiger partial charge on any atom is -0.496 e. The van der Waals surface area contributed by atoms with Crippen LogP contribution in [0.4, 0.5) is 0 Å². The highest BCUT2D eigenvalue weighted by molar-refractivity contribution is 5.62. The molecule has 20 heavy (non-hydrogen) atoms. The summed E-state index contributed by atoms with van der Waals surface area (Å²) in [5.74, 6) is 0.894. The lowest BCUT2D eigenvalue weighted by Crippen LogP contribution is -2.29. The number of aromatic nitrogens is 1. The number of ether oxygens (including phenoxy) is 1. The van der Waals surface area contributed by atoms with E-state index in [1.807, 2.05) is 45.9 Å². The van der Waals surface area contributed by atoms with Crippen LogP contribution in [0.3, 0.4) is 0 Å². The highest BCUT2D eigenvalue weighted by atomic mass is 16.5. The largest absolute Gasteiger partial charge is 0.496 e. The summed E-state index contributed by atoms with van der Waals surface area (Å²) >= 11 is 0. The molecular weight excluding hydrogens is 248 g/mol. The molecule has 3 nitrogen and oxygen atoms in total. The van der Waals surface area contributed by atoms with E-state index >= 15 is 0 Å². The number of hydrogen-bond donors (Lipinski definition) is 1. The van der Waals surface area contributed by atoms with Crippen molar-refractivity contribution >= 4 is 0 Å². The van der Waals surface area contributed by atoms with Crippen LogP contribution in [0.2, 0.25) is 0 Å². The zero-order valence-corrected chi connectivity index (χ0v) is 12.8. The predicted molar refractivity (Wildman–Crippen MR) is 82.9 cm³/mol. The fraction of sp³-hybridized carbons (Fsp3) is 0.353. The maximum atomic E-state index is 6.15. The van der Waals surface area contributed by atoms with Crippen LogP contribution in [0.5, 0.6) is 5.75 Å². The van der Waals surface area contributed by atoms with Gasteiger partial charge in [0.2, 0.25) is 0 Å². The predicted octanol–water partition coefficient (Wildman–Crippen LogP) is 3.57. The van der Waals surface area contributed by atoms with Crippen molar-refractivity contribution in [2.24, 2.45) is 5.73 Å². The third-order valence-corrected chi connectivity index (χ3v) is 3.47. The van der Waals surface area contributed by atoms with Gasteiger partial charge in [0, 0.05) is 16.8 Å². The molecule has 0 aliphatic rings. The molecule has 0 aliphatic carbocycles. The third kappa shape index (κ3) is 2.83. The van der Waals surface area contributed by atoms with E-state index in [0.29, 0.717) is 0 Å². The molecule has 0 saturated heterocycles. The Morgan fingerprint density at radius 1 is 1.10 bits per heavy atom. The van der Waals surface area contributed by atoms with Crippen molar-refractivity contribution in [1.29, 1.82) is 0 Å². The van der Waals surface area contributed by atoms with Crippen molar-refractivity contribution in [3.8, 4) is 17.0 Å². The van der Waals surface area contributed by atoms with Gasteiger partial charge in [-0.3, -0.25) is 4.98 Å². The summed E-state index contributed by atoms with van der Waals surface area (Å²) < 4.78 is 5.29. The first kappa shape index (κ1) is 14.5. The standard InChI is InChI=1S/C17H22N2O/c1-11-10-13(6-9-16(11)20-5)15-8-7-14(12(2)19-15)17(3,4)18/h6-10H,18H2,1-5H3. The van der Waals surface area contributed by atoms with Gasteiger partial charge in [0.25, 0.3) is 0 Å². The van der Waals surface area contributed by atoms with E-state index in [-0.39, 0.29) is 5.54 Å². The first-order chi connectivity index (χ1) is 9.32. The van der Waals surface area contributed by atoms with Crippen LogP contribution in [0, 0.1) is 13.8 Å². The molecule has 3 heteroatoms. The van der Waals surface area contributed by atoms with E-state index < -0.39 is 0 Å². The van der Waals surface area contributed by atoms with Crippen LogP contribution >= 0.6 is 0 Å². The summed E-state index contributed by atoms with van der Waals surface area (Å²) in [6.45, 7) is 8.03. The van der Waals surface area contributed by atoms with Crippen LogP contribution in [-0.4, -0.2) is 12.1 Å². The number of nitrogens with two attached hydrogens (primary N) is 1. The van der Waals surface area contributed by atoms with E-state index in [0.717, 1.165) is 33.8 Å². The third-order valence-electron chi connectivity index (χ3n) is 3.47. The molecule has 0 radical (unpaired) electrons. The van der Waals surface area contributed by atoms with Gasteiger partial charge in [-0.2, -0.15) is 0 Å². The maximum Gasteiger partial charge on any atom is 0.121 e. The Bertz CT molecular complexity index is 627. The van der Waals surface area contributed by atoms with E-state index in [9.17, 15) is 0 Å². The van der Waals surface area contributed by atoms with Gasteiger partial charge in [0.15, 0.2) is 0 Å². The number of pyridine rings is 1. The van der Waals surface area contributed by atoms with Gasteiger partial charge in [-0.1, -0.05) is 6.07 Å². The highest BCUT2D eigenvalue weighted by Gasteiger charge is 2.17. The molecule has 1 aromatic heterocycles. The summed E-state index contributed by atoms with van der Waals surface area (Å²) in [4.78, 5) is 4.69. The number of rotatable bonds is 3. The van der Waals surface area contributed by atoms with E-state index in [2.05, 4.69) is 17.1 Å². The Kier molecular flexibility index (Phi) is 3.82. The molecule has 0 atom stereocenters. The van der Waals surface area contributed by atoms with Crippen LogP contribution in [0.15, 0.2) is 30.3 Å². The summed E-state index contributed by atoms with van der Waals surface area (Å²) in [7, 11) is 1.68. The van der Waals surface area contributed by atoms with Crippen LogP contribution < -0.4 is 10.5 Å². The molecule has 1 aromatic carbocycles. The summed E-state index contributed by atoms with van der Waals surface area (Å²) in [6, 6.07) is 10.2. The fourth-order valence-corrected chi connectivity index (χ4v) is 2.44. The van der Waals surface area contributed by atoms with Gasteiger partial charge in [-0.05, 0) is 63.1 Å². The zero-order valence-electron chi connectivity index (χ0n) is 12.8. The molecular formula is C17H22N2O. The summed E-state index contributed by atoms with van der Waals surface area (Å²) in [5.41, 5.74) is 11.0. The topological polar surface area (TPSA) is 48.1 Å². The molecule has 0 saturated carbocycles. The second-order valence-corrected chi connectivity index (χ2v) is 5.74. The minimum absolute atomic E-state index is 0.370. The number of aryl methyl sites for hydroxylation is 2. The zero-order chi connectivity index (χ0) is 14.9. The quantitative estimate of drug-likeness (QED) is 0.927. The second kappa shape index (κ2) is 5.25. The summed E-state index contributed by atoms with van der Waals surface area (Å²) in [6.07, 6.45) is 0. The Balaban J connectivity index is 2.44. The van der Waals surface area contributed by atoms with Crippen LogP contribution in [0.1, 0.15) is 30.7 Å². The van der Waals surface area contributed by atoms with Crippen LogP contribution in [-0.2, 0) is 5.54 Å². The van der Waals surface area contributed by atoms with Crippen molar-refractivity contribution in [3.63, 3.8) is 0 Å². The molecule has 0 bridgehead atoms. The van der Waals surface area contributed by atoms with Gasteiger partial charge in [-0.25, -0.2) is 0 Å². The van der Waals surface area contributed by atoms with E-state index in [1.54, 1.807) is 7.11 Å². The van der Waals surface area contributed by atoms with E-state index in [1.165, 1.54) is 0 Å². The van der Waals surface area contributed by atoms with Crippen molar-refractivity contribution in [2.75, 3.05) is 7.11 Å². The van der Waals surface area contributed by atoms with Gasteiger partial charge < -0.3 is 10.5 Å². The second-order valence-electron chi connectivity index (χ2n) is 5.74. The van der Waals surface area contributed by atoms with Gasteiger partial charge >= 0.3 is 0 Å². The Morgan fingerprint density at radius 3 is 2.30 bits per heavy atom. The van der Waals surface area contributed by atoms with Gasteiger partial charge in [-0.15, -0.1) is 0 Å².